The van der Waals surface area contributed by atoms with Gasteiger partial charge in [0.25, 0.3) is 0 Å². The number of aromatic nitrogens is 1. The van der Waals surface area contributed by atoms with Crippen LogP contribution in [0, 0.1) is 0 Å². The summed E-state index contributed by atoms with van der Waals surface area (Å²) in [5.41, 5.74) is 7.80. The second-order valence-electron chi connectivity index (χ2n) is 3.05. The van der Waals surface area contributed by atoms with E-state index in [9.17, 15) is 0 Å². The number of ether oxygens (including phenoxy) is 1. The lowest BCUT2D eigenvalue weighted by Gasteiger charge is -2.04. The zero-order valence-corrected chi connectivity index (χ0v) is 7.42. The van der Waals surface area contributed by atoms with Crippen LogP contribution in [0.15, 0.2) is 12.3 Å². The van der Waals surface area contributed by atoms with Gasteiger partial charge in [0.05, 0.1) is 13.2 Å². The molecule has 0 radical (unpaired) electrons. The van der Waals surface area contributed by atoms with Gasteiger partial charge in [0, 0.05) is 24.8 Å². The predicted molar refractivity (Wildman–Crippen MR) is 50.3 cm³/mol. The molecule has 0 amide bonds. The molecule has 4 heteroatoms. The Labute approximate surface area is 77.1 Å². The van der Waals surface area contributed by atoms with Crippen LogP contribution in [-0.4, -0.2) is 18.1 Å². The molecule has 1 aromatic heterocycles. The van der Waals surface area contributed by atoms with Crippen LogP contribution in [0.1, 0.15) is 11.1 Å². The summed E-state index contributed by atoms with van der Waals surface area (Å²) in [6, 6.07) is 2.03. The largest absolute Gasteiger partial charge is 0.372 e. The van der Waals surface area contributed by atoms with E-state index < -0.39 is 0 Å². The van der Waals surface area contributed by atoms with Gasteiger partial charge in [-0.3, -0.25) is 0 Å². The molecule has 3 N–H and O–H groups in total. The molecule has 0 saturated carbocycles. The maximum atomic E-state index is 5.37. The summed E-state index contributed by atoms with van der Waals surface area (Å²) < 4.78 is 5.28. The number of rotatable bonds is 3. The summed E-state index contributed by atoms with van der Waals surface area (Å²) in [6.07, 6.45) is 1.86. The SMILES string of the molecule is NCCNc1cc2c(cn1)COC2. The Morgan fingerprint density at radius 1 is 1.46 bits per heavy atom. The molecular weight excluding hydrogens is 166 g/mol. The summed E-state index contributed by atoms with van der Waals surface area (Å²) in [4.78, 5) is 4.24. The second-order valence-corrected chi connectivity index (χ2v) is 3.05. The Bertz CT molecular complexity index is 301. The van der Waals surface area contributed by atoms with Crippen LogP contribution < -0.4 is 11.1 Å². The number of hydrogen-bond acceptors (Lipinski definition) is 4. The maximum absolute atomic E-state index is 5.37. The molecule has 1 aromatic rings. The Morgan fingerprint density at radius 2 is 2.31 bits per heavy atom. The average molecular weight is 179 g/mol. The highest BCUT2D eigenvalue weighted by molar-refractivity contribution is 5.41. The highest BCUT2D eigenvalue weighted by Gasteiger charge is 2.11. The lowest BCUT2D eigenvalue weighted by molar-refractivity contribution is 0.134. The highest BCUT2D eigenvalue weighted by Crippen LogP contribution is 2.20. The molecule has 0 spiro atoms. The lowest BCUT2D eigenvalue weighted by Crippen LogP contribution is -2.13. The number of anilines is 1. The first-order valence-electron chi connectivity index (χ1n) is 4.39. The summed E-state index contributed by atoms with van der Waals surface area (Å²) in [7, 11) is 0. The van der Waals surface area contributed by atoms with Crippen molar-refractivity contribution >= 4 is 5.82 Å². The minimum atomic E-state index is 0.620. The van der Waals surface area contributed by atoms with Crippen LogP contribution in [0.3, 0.4) is 0 Å². The third kappa shape index (κ3) is 1.79. The van der Waals surface area contributed by atoms with Crippen LogP contribution in [0.25, 0.3) is 0 Å². The van der Waals surface area contributed by atoms with E-state index in [-0.39, 0.29) is 0 Å². The number of fused-ring (bicyclic) bond motifs is 1. The van der Waals surface area contributed by atoms with Gasteiger partial charge < -0.3 is 15.8 Å². The molecule has 4 nitrogen and oxygen atoms in total. The van der Waals surface area contributed by atoms with Gasteiger partial charge in [0.15, 0.2) is 0 Å². The maximum Gasteiger partial charge on any atom is 0.126 e. The molecule has 0 saturated heterocycles. The first-order chi connectivity index (χ1) is 6.40. The van der Waals surface area contributed by atoms with Crippen molar-refractivity contribution in [1.82, 2.24) is 4.98 Å². The van der Waals surface area contributed by atoms with Gasteiger partial charge in [0.1, 0.15) is 5.82 Å². The van der Waals surface area contributed by atoms with E-state index in [4.69, 9.17) is 10.5 Å². The molecule has 0 fully saturated rings. The van der Waals surface area contributed by atoms with Crippen LogP contribution in [0.5, 0.6) is 0 Å². The van der Waals surface area contributed by atoms with Crippen molar-refractivity contribution < 1.29 is 4.74 Å². The highest BCUT2D eigenvalue weighted by atomic mass is 16.5. The Morgan fingerprint density at radius 3 is 3.15 bits per heavy atom. The first-order valence-corrected chi connectivity index (χ1v) is 4.39. The van der Waals surface area contributed by atoms with E-state index in [0.29, 0.717) is 19.8 Å². The molecule has 70 valence electrons. The molecule has 0 aromatic carbocycles. The third-order valence-electron chi connectivity index (χ3n) is 2.05. The monoisotopic (exact) mass is 179 g/mol. The van der Waals surface area contributed by atoms with Crippen LogP contribution in [0.2, 0.25) is 0 Å². The normalized spacial score (nSPS) is 14.2. The van der Waals surface area contributed by atoms with Crippen molar-refractivity contribution in [3.05, 3.63) is 23.4 Å². The van der Waals surface area contributed by atoms with Crippen molar-refractivity contribution in [3.63, 3.8) is 0 Å². The van der Waals surface area contributed by atoms with Crippen LogP contribution in [-0.2, 0) is 18.0 Å². The molecule has 0 unspecified atom stereocenters. The van der Waals surface area contributed by atoms with E-state index in [1.807, 2.05) is 12.3 Å². The van der Waals surface area contributed by atoms with Crippen molar-refractivity contribution in [1.29, 1.82) is 0 Å². The summed E-state index contributed by atoms with van der Waals surface area (Å²) >= 11 is 0. The van der Waals surface area contributed by atoms with E-state index in [1.54, 1.807) is 0 Å². The Balaban J connectivity index is 2.12. The van der Waals surface area contributed by atoms with Gasteiger partial charge in [-0.05, 0) is 11.6 Å². The van der Waals surface area contributed by atoms with E-state index in [1.165, 1.54) is 11.1 Å². The molecule has 1 aliphatic rings. The van der Waals surface area contributed by atoms with Crippen LogP contribution in [0.4, 0.5) is 5.82 Å². The standard InChI is InChI=1S/C9H13N3O/c10-1-2-11-9-3-7-5-13-6-8(7)4-12-9/h3-4H,1-2,5-6,10H2,(H,11,12). The zero-order chi connectivity index (χ0) is 9.10. The zero-order valence-electron chi connectivity index (χ0n) is 7.42. The molecule has 2 rings (SSSR count). The fourth-order valence-corrected chi connectivity index (χ4v) is 1.36. The predicted octanol–water partition coefficient (Wildman–Crippen LogP) is 0.482. The topological polar surface area (TPSA) is 60.2 Å². The number of hydrogen-bond donors (Lipinski definition) is 2. The van der Waals surface area contributed by atoms with Gasteiger partial charge in [-0.2, -0.15) is 0 Å². The van der Waals surface area contributed by atoms with Gasteiger partial charge in [-0.15, -0.1) is 0 Å². The molecule has 0 atom stereocenters. The lowest BCUT2D eigenvalue weighted by atomic mass is 10.2. The van der Waals surface area contributed by atoms with Gasteiger partial charge in [-0.1, -0.05) is 0 Å². The fraction of sp³-hybridized carbons (Fsp3) is 0.444. The molecule has 1 aliphatic heterocycles. The second kappa shape index (κ2) is 3.72. The summed E-state index contributed by atoms with van der Waals surface area (Å²) in [5.74, 6) is 0.884. The van der Waals surface area contributed by atoms with Crippen molar-refractivity contribution in [3.8, 4) is 0 Å². The minimum Gasteiger partial charge on any atom is -0.372 e. The smallest absolute Gasteiger partial charge is 0.126 e. The molecular formula is C9H13N3O. The van der Waals surface area contributed by atoms with Gasteiger partial charge in [0.2, 0.25) is 0 Å². The van der Waals surface area contributed by atoms with Gasteiger partial charge in [-0.25, -0.2) is 4.98 Å². The Hall–Kier alpha value is -1.13. The number of nitrogens with one attached hydrogen (secondary N) is 1. The molecule has 2 heterocycles. The summed E-state index contributed by atoms with van der Waals surface area (Å²) in [6.45, 7) is 2.77. The van der Waals surface area contributed by atoms with Gasteiger partial charge >= 0.3 is 0 Å². The van der Waals surface area contributed by atoms with Crippen molar-refractivity contribution in [2.75, 3.05) is 18.4 Å². The number of nitrogens with two attached hydrogens (primary N) is 1. The average Bonchev–Trinajstić information content (AvgIpc) is 2.61. The molecule has 0 bridgehead atoms. The third-order valence-corrected chi connectivity index (χ3v) is 2.05. The number of nitrogens with zero attached hydrogens (tertiary/aromatic N) is 1. The van der Waals surface area contributed by atoms with E-state index in [0.717, 1.165) is 12.4 Å². The van der Waals surface area contributed by atoms with Crippen molar-refractivity contribution in [2.24, 2.45) is 5.73 Å². The summed E-state index contributed by atoms with van der Waals surface area (Å²) in [5, 5.41) is 3.13. The Kier molecular flexibility index (Phi) is 2.42. The fourth-order valence-electron chi connectivity index (χ4n) is 1.36. The van der Waals surface area contributed by atoms with Crippen LogP contribution >= 0.6 is 0 Å². The minimum absolute atomic E-state index is 0.620. The number of pyridine rings is 1. The molecule has 13 heavy (non-hydrogen) atoms. The first kappa shape index (κ1) is 8.47. The molecule has 0 aliphatic carbocycles. The van der Waals surface area contributed by atoms with E-state index in [2.05, 4.69) is 10.3 Å². The van der Waals surface area contributed by atoms with E-state index >= 15 is 0 Å². The van der Waals surface area contributed by atoms with Crippen molar-refractivity contribution in [2.45, 2.75) is 13.2 Å². The quantitative estimate of drug-likeness (QED) is 0.708.